The van der Waals surface area contributed by atoms with Crippen molar-refractivity contribution >= 4 is 0 Å². The minimum atomic E-state index is -4.11. The smallest absolute Gasteiger partial charge is 0.312 e. The van der Waals surface area contributed by atoms with Crippen molar-refractivity contribution in [3.8, 4) is 6.07 Å². The normalized spacial score (nSPS) is 19.6. The molecule has 1 N–H and O–H groups in total. The van der Waals surface area contributed by atoms with Crippen molar-refractivity contribution in [2.75, 3.05) is 26.2 Å². The summed E-state index contributed by atoms with van der Waals surface area (Å²) in [5, 5.41) is 12.1. The molecule has 0 bridgehead atoms. The Kier molecular flexibility index (Phi) is 5.21. The third-order valence-electron chi connectivity index (χ3n) is 3.59. The van der Waals surface area contributed by atoms with E-state index in [1.165, 1.54) is 4.90 Å². The Balaban J connectivity index is 1.71. The average Bonchev–Trinajstić information content (AvgIpc) is 2.84. The van der Waals surface area contributed by atoms with Crippen LogP contribution in [0.3, 0.4) is 0 Å². The summed E-state index contributed by atoms with van der Waals surface area (Å²) in [5.74, 6) is 0.256. The Morgan fingerprint density at radius 3 is 2.90 bits per heavy atom. The van der Waals surface area contributed by atoms with E-state index in [2.05, 4.69) is 11.4 Å². The van der Waals surface area contributed by atoms with Gasteiger partial charge < -0.3 is 5.32 Å². The van der Waals surface area contributed by atoms with Gasteiger partial charge in [-0.2, -0.15) is 18.4 Å². The van der Waals surface area contributed by atoms with Gasteiger partial charge in [0.15, 0.2) is 0 Å². The number of hydrogen-bond acceptors (Lipinski definition) is 3. The maximum atomic E-state index is 12.3. The highest BCUT2D eigenvalue weighted by molar-refractivity contribution is 5.32. The van der Waals surface area contributed by atoms with Crippen LogP contribution in [0.4, 0.5) is 13.2 Å². The van der Waals surface area contributed by atoms with E-state index in [0.29, 0.717) is 31.7 Å². The topological polar surface area (TPSA) is 39.1 Å². The van der Waals surface area contributed by atoms with Crippen molar-refractivity contribution in [3.63, 3.8) is 0 Å². The van der Waals surface area contributed by atoms with Crippen LogP contribution in [-0.4, -0.2) is 37.3 Å². The minimum Gasteiger partial charge on any atom is -0.312 e. The summed E-state index contributed by atoms with van der Waals surface area (Å²) in [6.45, 7) is 1.52. The monoisotopic (exact) mass is 297 g/mol. The molecule has 0 aromatic heterocycles. The van der Waals surface area contributed by atoms with Gasteiger partial charge in [0, 0.05) is 13.1 Å². The van der Waals surface area contributed by atoms with Gasteiger partial charge >= 0.3 is 6.18 Å². The van der Waals surface area contributed by atoms with Gasteiger partial charge in [-0.15, -0.1) is 0 Å². The second-order valence-electron chi connectivity index (χ2n) is 5.45. The van der Waals surface area contributed by atoms with Crippen LogP contribution in [0.5, 0.6) is 0 Å². The molecule has 1 atom stereocenters. The molecule has 3 nitrogen and oxygen atoms in total. The lowest BCUT2D eigenvalue weighted by Gasteiger charge is -2.18. The standard InChI is InChI=1S/C15H18F3N3/c16-15(17,18)11-21-5-4-14(10-21)9-20-8-13-3-1-2-12(6-13)7-19/h1-3,6,14,20H,4-5,8-11H2. The number of alkyl halides is 3. The summed E-state index contributed by atoms with van der Waals surface area (Å²) in [7, 11) is 0. The lowest BCUT2D eigenvalue weighted by molar-refractivity contribution is -0.143. The predicted octanol–water partition coefficient (Wildman–Crippen LogP) is 2.53. The van der Waals surface area contributed by atoms with Crippen LogP contribution in [0.15, 0.2) is 24.3 Å². The number of nitrogens with one attached hydrogen (secondary N) is 1. The highest BCUT2D eigenvalue weighted by Gasteiger charge is 2.34. The molecule has 1 saturated heterocycles. The van der Waals surface area contributed by atoms with Gasteiger partial charge in [0.1, 0.15) is 0 Å². The van der Waals surface area contributed by atoms with Crippen LogP contribution in [-0.2, 0) is 6.54 Å². The molecule has 21 heavy (non-hydrogen) atoms. The van der Waals surface area contributed by atoms with E-state index in [1.54, 1.807) is 6.07 Å². The summed E-state index contributed by atoms with van der Waals surface area (Å²) >= 11 is 0. The van der Waals surface area contributed by atoms with Crippen LogP contribution in [0.25, 0.3) is 0 Å². The highest BCUT2D eigenvalue weighted by Crippen LogP contribution is 2.22. The van der Waals surface area contributed by atoms with Gasteiger partial charge in [0.2, 0.25) is 0 Å². The molecule has 2 rings (SSSR count). The van der Waals surface area contributed by atoms with E-state index in [-0.39, 0.29) is 5.92 Å². The molecule has 0 spiro atoms. The summed E-state index contributed by atoms with van der Waals surface area (Å²) < 4.78 is 36.9. The molecule has 0 radical (unpaired) electrons. The number of hydrogen-bond donors (Lipinski definition) is 1. The number of rotatable bonds is 5. The molecule has 6 heteroatoms. The lowest BCUT2D eigenvalue weighted by atomic mass is 10.1. The van der Waals surface area contributed by atoms with Crippen LogP contribution in [0.1, 0.15) is 17.5 Å². The molecule has 1 fully saturated rings. The maximum absolute atomic E-state index is 12.3. The fourth-order valence-corrected chi connectivity index (χ4v) is 2.65. The number of benzene rings is 1. The lowest BCUT2D eigenvalue weighted by Crippen LogP contribution is -2.33. The fourth-order valence-electron chi connectivity index (χ4n) is 2.65. The first-order valence-corrected chi connectivity index (χ1v) is 6.95. The molecule has 1 aromatic rings. The molecular formula is C15H18F3N3. The van der Waals surface area contributed by atoms with Crippen LogP contribution >= 0.6 is 0 Å². The van der Waals surface area contributed by atoms with Crippen LogP contribution < -0.4 is 5.32 Å². The zero-order chi connectivity index (χ0) is 15.3. The first-order chi connectivity index (χ1) is 9.96. The van der Waals surface area contributed by atoms with Gasteiger partial charge in [-0.05, 0) is 43.1 Å². The molecule has 1 aliphatic rings. The Hall–Kier alpha value is -1.58. The second-order valence-corrected chi connectivity index (χ2v) is 5.45. The molecule has 114 valence electrons. The largest absolute Gasteiger partial charge is 0.401 e. The van der Waals surface area contributed by atoms with Crippen molar-refractivity contribution in [1.82, 2.24) is 10.2 Å². The predicted molar refractivity (Wildman–Crippen MR) is 73.5 cm³/mol. The van der Waals surface area contributed by atoms with Crippen LogP contribution in [0.2, 0.25) is 0 Å². The number of likely N-dealkylation sites (tertiary alicyclic amines) is 1. The third-order valence-corrected chi connectivity index (χ3v) is 3.59. The van der Waals surface area contributed by atoms with Crippen LogP contribution in [0, 0.1) is 17.2 Å². The first-order valence-electron chi connectivity index (χ1n) is 6.95. The molecule has 0 aliphatic carbocycles. The van der Waals surface area contributed by atoms with Crippen molar-refractivity contribution < 1.29 is 13.2 Å². The zero-order valence-corrected chi connectivity index (χ0v) is 11.7. The van der Waals surface area contributed by atoms with E-state index >= 15 is 0 Å². The van der Waals surface area contributed by atoms with Crippen molar-refractivity contribution in [3.05, 3.63) is 35.4 Å². The van der Waals surface area contributed by atoms with Crippen molar-refractivity contribution in [2.45, 2.75) is 19.1 Å². The van der Waals surface area contributed by atoms with Gasteiger partial charge in [-0.25, -0.2) is 0 Å². The molecule has 1 aromatic carbocycles. The van der Waals surface area contributed by atoms with Gasteiger partial charge in [-0.3, -0.25) is 4.90 Å². The molecular weight excluding hydrogens is 279 g/mol. The summed E-state index contributed by atoms with van der Waals surface area (Å²) in [4.78, 5) is 1.46. The molecule has 1 aliphatic heterocycles. The molecule has 0 saturated carbocycles. The summed E-state index contributed by atoms with van der Waals surface area (Å²) in [5.41, 5.74) is 1.63. The summed E-state index contributed by atoms with van der Waals surface area (Å²) in [6.07, 6.45) is -3.32. The Labute approximate surface area is 122 Å². The van der Waals surface area contributed by atoms with E-state index in [1.807, 2.05) is 18.2 Å². The minimum absolute atomic E-state index is 0.256. The van der Waals surface area contributed by atoms with Gasteiger partial charge in [-0.1, -0.05) is 12.1 Å². The molecule has 1 heterocycles. The second kappa shape index (κ2) is 6.92. The third kappa shape index (κ3) is 5.37. The van der Waals surface area contributed by atoms with E-state index < -0.39 is 12.7 Å². The SMILES string of the molecule is N#Cc1cccc(CNCC2CCN(CC(F)(F)F)C2)c1. The number of nitrogens with zero attached hydrogens (tertiary/aromatic N) is 2. The van der Waals surface area contributed by atoms with E-state index in [9.17, 15) is 13.2 Å². The number of nitriles is 1. The quantitative estimate of drug-likeness (QED) is 0.908. The Morgan fingerprint density at radius 1 is 1.38 bits per heavy atom. The average molecular weight is 297 g/mol. The van der Waals surface area contributed by atoms with Crippen molar-refractivity contribution in [1.29, 1.82) is 5.26 Å². The van der Waals surface area contributed by atoms with Gasteiger partial charge in [0.25, 0.3) is 0 Å². The number of halogens is 3. The fraction of sp³-hybridized carbons (Fsp3) is 0.533. The van der Waals surface area contributed by atoms with E-state index in [0.717, 1.165) is 12.0 Å². The molecule has 1 unspecified atom stereocenters. The van der Waals surface area contributed by atoms with Gasteiger partial charge in [0.05, 0.1) is 18.2 Å². The molecule has 0 amide bonds. The van der Waals surface area contributed by atoms with E-state index in [4.69, 9.17) is 5.26 Å². The first kappa shape index (κ1) is 15.8. The highest BCUT2D eigenvalue weighted by atomic mass is 19.4. The Bertz CT molecular complexity index is 508. The van der Waals surface area contributed by atoms with Crippen molar-refractivity contribution in [2.24, 2.45) is 5.92 Å². The zero-order valence-electron chi connectivity index (χ0n) is 11.7. The summed E-state index contributed by atoms with van der Waals surface area (Å²) in [6, 6.07) is 9.41. The maximum Gasteiger partial charge on any atom is 0.401 e. The Morgan fingerprint density at radius 2 is 2.19 bits per heavy atom.